The van der Waals surface area contributed by atoms with Crippen molar-refractivity contribution in [1.82, 2.24) is 0 Å². The number of hydrogen-bond donors (Lipinski definition) is 1. The maximum absolute atomic E-state index is 12.2. The first-order chi connectivity index (χ1) is 10.4. The maximum atomic E-state index is 12.2. The van der Waals surface area contributed by atoms with Gasteiger partial charge >= 0.3 is 0 Å². The molecule has 1 unspecified atom stereocenters. The third-order valence-electron chi connectivity index (χ3n) is 3.37. The monoisotopic (exact) mass is 328 g/mol. The predicted octanol–water partition coefficient (Wildman–Crippen LogP) is 0.353. The van der Waals surface area contributed by atoms with E-state index in [0.717, 1.165) is 0 Å². The second-order valence-corrected chi connectivity index (χ2v) is 6.87. The highest BCUT2D eigenvalue weighted by molar-refractivity contribution is 7.89. The number of amides is 1. The Morgan fingerprint density at radius 3 is 2.73 bits per heavy atom. The van der Waals surface area contributed by atoms with Crippen molar-refractivity contribution in [3.8, 4) is 5.75 Å². The number of anilines is 1. The summed E-state index contributed by atoms with van der Waals surface area (Å²) in [4.78, 5) is 13.7. The molecule has 122 valence electrons. The van der Waals surface area contributed by atoms with Crippen LogP contribution < -0.4 is 14.8 Å². The van der Waals surface area contributed by atoms with Crippen molar-refractivity contribution in [3.63, 3.8) is 0 Å². The summed E-state index contributed by atoms with van der Waals surface area (Å²) in [5, 5.41) is 5.06. The molecule has 7 nitrogen and oxygen atoms in total. The van der Waals surface area contributed by atoms with E-state index in [2.05, 4.69) is 0 Å². The first kappa shape index (κ1) is 16.7. The number of ether oxygens (including phenoxy) is 2. The molecule has 1 aromatic carbocycles. The molecule has 0 spiro atoms. The van der Waals surface area contributed by atoms with Crippen molar-refractivity contribution in [2.45, 2.75) is 6.42 Å². The number of para-hydroxylation sites is 2. The molecule has 1 heterocycles. The standard InChI is InChI=1S/C14H20N2O5S/c1-20-6-7-21-13-5-3-2-4-12(13)16-9-11(8-14(16)17)10-22(15,18)19/h2-5,11H,6-10H2,1H3,(H2,15,18,19). The lowest BCUT2D eigenvalue weighted by Crippen LogP contribution is -2.28. The Morgan fingerprint density at radius 2 is 2.05 bits per heavy atom. The number of sulfonamides is 1. The number of carbonyl (C=O) groups is 1. The predicted molar refractivity (Wildman–Crippen MR) is 82.2 cm³/mol. The van der Waals surface area contributed by atoms with Crippen molar-refractivity contribution < 1.29 is 22.7 Å². The number of methoxy groups -OCH3 is 1. The SMILES string of the molecule is COCCOc1ccccc1N1CC(CS(N)(=O)=O)CC1=O. The second-order valence-electron chi connectivity index (χ2n) is 5.21. The highest BCUT2D eigenvalue weighted by atomic mass is 32.2. The average Bonchev–Trinajstić information content (AvgIpc) is 2.78. The normalized spacial score (nSPS) is 18.7. The van der Waals surface area contributed by atoms with E-state index in [-0.39, 0.29) is 24.0 Å². The molecule has 22 heavy (non-hydrogen) atoms. The van der Waals surface area contributed by atoms with E-state index in [1.54, 1.807) is 30.2 Å². The average molecular weight is 328 g/mol. The lowest BCUT2D eigenvalue weighted by molar-refractivity contribution is -0.117. The Bertz CT molecular complexity index is 632. The van der Waals surface area contributed by atoms with E-state index in [4.69, 9.17) is 14.6 Å². The van der Waals surface area contributed by atoms with Crippen LogP contribution in [0.5, 0.6) is 5.75 Å². The van der Waals surface area contributed by atoms with Gasteiger partial charge in [-0.15, -0.1) is 0 Å². The van der Waals surface area contributed by atoms with Gasteiger partial charge in [-0.25, -0.2) is 13.6 Å². The zero-order valence-electron chi connectivity index (χ0n) is 12.4. The minimum atomic E-state index is -3.59. The van der Waals surface area contributed by atoms with E-state index < -0.39 is 10.0 Å². The second kappa shape index (κ2) is 7.08. The van der Waals surface area contributed by atoms with Gasteiger partial charge in [0.15, 0.2) is 0 Å². The molecule has 1 saturated heterocycles. The van der Waals surface area contributed by atoms with Crippen LogP contribution in [0.1, 0.15) is 6.42 Å². The van der Waals surface area contributed by atoms with E-state index >= 15 is 0 Å². The Balaban J connectivity index is 2.12. The summed E-state index contributed by atoms with van der Waals surface area (Å²) >= 11 is 0. The number of nitrogens with two attached hydrogens (primary N) is 1. The molecule has 1 amide bonds. The number of carbonyl (C=O) groups excluding carboxylic acids is 1. The zero-order chi connectivity index (χ0) is 16.2. The first-order valence-electron chi connectivity index (χ1n) is 6.92. The third kappa shape index (κ3) is 4.43. The van der Waals surface area contributed by atoms with Gasteiger partial charge < -0.3 is 14.4 Å². The fourth-order valence-electron chi connectivity index (χ4n) is 2.49. The highest BCUT2D eigenvalue weighted by Crippen LogP contribution is 2.33. The summed E-state index contributed by atoms with van der Waals surface area (Å²) in [5.74, 6) is -0.0443. The summed E-state index contributed by atoms with van der Waals surface area (Å²) in [6.07, 6.45) is 0.169. The number of nitrogens with zero attached hydrogens (tertiary/aromatic N) is 1. The molecule has 0 saturated carbocycles. The molecule has 0 aromatic heterocycles. The number of hydrogen-bond acceptors (Lipinski definition) is 5. The molecule has 2 N–H and O–H groups in total. The number of primary sulfonamides is 1. The minimum absolute atomic E-state index is 0.128. The van der Waals surface area contributed by atoms with E-state index in [0.29, 0.717) is 31.2 Å². The quantitative estimate of drug-likeness (QED) is 0.728. The van der Waals surface area contributed by atoms with Gasteiger partial charge in [0.25, 0.3) is 0 Å². The van der Waals surface area contributed by atoms with Crippen molar-refractivity contribution in [2.75, 3.05) is 37.5 Å². The van der Waals surface area contributed by atoms with Crippen LogP contribution in [0.2, 0.25) is 0 Å². The van der Waals surface area contributed by atoms with Crippen LogP contribution in [-0.2, 0) is 19.6 Å². The van der Waals surface area contributed by atoms with E-state index in [1.807, 2.05) is 6.07 Å². The Kier molecular flexibility index (Phi) is 5.38. The topological polar surface area (TPSA) is 98.9 Å². The largest absolute Gasteiger partial charge is 0.489 e. The molecule has 2 rings (SSSR count). The van der Waals surface area contributed by atoms with Crippen LogP contribution >= 0.6 is 0 Å². The van der Waals surface area contributed by atoms with Gasteiger partial charge in [-0.05, 0) is 12.1 Å². The van der Waals surface area contributed by atoms with Crippen LogP contribution in [0.4, 0.5) is 5.69 Å². The maximum Gasteiger partial charge on any atom is 0.227 e. The smallest absolute Gasteiger partial charge is 0.227 e. The van der Waals surface area contributed by atoms with Crippen molar-refractivity contribution >= 4 is 21.6 Å². The number of benzene rings is 1. The van der Waals surface area contributed by atoms with E-state index in [9.17, 15) is 13.2 Å². The van der Waals surface area contributed by atoms with Crippen LogP contribution in [0, 0.1) is 5.92 Å². The van der Waals surface area contributed by atoms with Gasteiger partial charge in [0.05, 0.1) is 18.0 Å². The van der Waals surface area contributed by atoms with Crippen LogP contribution in [0.25, 0.3) is 0 Å². The van der Waals surface area contributed by atoms with Crippen molar-refractivity contribution in [2.24, 2.45) is 11.1 Å². The Hall–Kier alpha value is -1.64. The molecule has 1 fully saturated rings. The number of rotatable bonds is 7. The summed E-state index contributed by atoms with van der Waals surface area (Å²) < 4.78 is 32.9. The lowest BCUT2D eigenvalue weighted by Gasteiger charge is -2.20. The van der Waals surface area contributed by atoms with Gasteiger partial charge in [-0.2, -0.15) is 0 Å². The summed E-state index contributed by atoms with van der Waals surface area (Å²) in [6.45, 7) is 1.13. The highest BCUT2D eigenvalue weighted by Gasteiger charge is 2.34. The van der Waals surface area contributed by atoms with Gasteiger partial charge in [-0.3, -0.25) is 4.79 Å². The van der Waals surface area contributed by atoms with Gasteiger partial charge in [-0.1, -0.05) is 12.1 Å². The summed E-state index contributed by atoms with van der Waals surface area (Å²) in [5.41, 5.74) is 0.639. The Morgan fingerprint density at radius 1 is 1.32 bits per heavy atom. The summed E-state index contributed by atoms with van der Waals surface area (Å²) in [6, 6.07) is 7.16. The third-order valence-corrected chi connectivity index (χ3v) is 4.31. The lowest BCUT2D eigenvalue weighted by atomic mass is 10.1. The molecule has 1 atom stereocenters. The molecule has 8 heteroatoms. The molecular weight excluding hydrogens is 308 g/mol. The van der Waals surface area contributed by atoms with Gasteiger partial charge in [0.1, 0.15) is 12.4 Å². The first-order valence-corrected chi connectivity index (χ1v) is 8.64. The molecule has 1 aliphatic rings. The minimum Gasteiger partial charge on any atom is -0.489 e. The fraction of sp³-hybridized carbons (Fsp3) is 0.500. The summed E-state index contributed by atoms with van der Waals surface area (Å²) in [7, 11) is -2.01. The molecule has 0 radical (unpaired) electrons. The fourth-order valence-corrected chi connectivity index (χ4v) is 3.37. The zero-order valence-corrected chi connectivity index (χ0v) is 13.2. The van der Waals surface area contributed by atoms with Crippen molar-refractivity contribution in [3.05, 3.63) is 24.3 Å². The molecule has 1 aromatic rings. The van der Waals surface area contributed by atoms with Gasteiger partial charge in [0, 0.05) is 26.0 Å². The molecule has 0 aliphatic carbocycles. The van der Waals surface area contributed by atoms with Crippen LogP contribution in [0.15, 0.2) is 24.3 Å². The molecule has 1 aliphatic heterocycles. The molecule has 0 bridgehead atoms. The Labute approximate surface area is 130 Å². The van der Waals surface area contributed by atoms with Gasteiger partial charge in [0.2, 0.25) is 15.9 Å². The van der Waals surface area contributed by atoms with E-state index in [1.165, 1.54) is 0 Å². The van der Waals surface area contributed by atoms with Crippen LogP contribution in [0.3, 0.4) is 0 Å². The molecular formula is C14H20N2O5S. The van der Waals surface area contributed by atoms with Crippen LogP contribution in [-0.4, -0.2) is 46.9 Å². The van der Waals surface area contributed by atoms with Crippen molar-refractivity contribution in [1.29, 1.82) is 0 Å².